The number of anilines is 1. The lowest BCUT2D eigenvalue weighted by Gasteiger charge is -2.07. The van der Waals surface area contributed by atoms with Crippen LogP contribution < -0.4 is 5.32 Å². The number of benzene rings is 2. The molecule has 0 aromatic heterocycles. The molecule has 19 heavy (non-hydrogen) atoms. The van der Waals surface area contributed by atoms with Crippen molar-refractivity contribution in [1.82, 2.24) is 0 Å². The van der Waals surface area contributed by atoms with Gasteiger partial charge in [0.2, 0.25) is 5.91 Å². The number of aryl methyl sites for hydroxylation is 2. The molecule has 0 atom stereocenters. The number of carbonyl (C=O) groups is 1. The van der Waals surface area contributed by atoms with Gasteiger partial charge >= 0.3 is 0 Å². The van der Waals surface area contributed by atoms with E-state index in [2.05, 4.69) is 25.2 Å². The van der Waals surface area contributed by atoms with Crippen LogP contribution in [0.3, 0.4) is 0 Å². The minimum Gasteiger partial charge on any atom is -0.326 e. The summed E-state index contributed by atoms with van der Waals surface area (Å²) >= 11 is 5.80. The second-order valence-corrected chi connectivity index (χ2v) is 5.09. The summed E-state index contributed by atoms with van der Waals surface area (Å²) in [6, 6.07) is 13.2. The lowest BCUT2D eigenvalue weighted by Crippen LogP contribution is -2.14. The van der Waals surface area contributed by atoms with Crippen molar-refractivity contribution in [3.63, 3.8) is 0 Å². The monoisotopic (exact) mass is 273 g/mol. The minimum atomic E-state index is -0.0226. The third-order valence-corrected chi connectivity index (χ3v) is 3.32. The molecule has 0 spiro atoms. The predicted molar refractivity (Wildman–Crippen MR) is 79.7 cm³/mol. The fourth-order valence-electron chi connectivity index (χ4n) is 1.84. The van der Waals surface area contributed by atoms with Crippen LogP contribution in [0.25, 0.3) is 0 Å². The van der Waals surface area contributed by atoms with Gasteiger partial charge in [0.25, 0.3) is 0 Å². The Bertz CT molecular complexity index is 590. The van der Waals surface area contributed by atoms with Gasteiger partial charge in [-0.25, -0.2) is 0 Å². The van der Waals surface area contributed by atoms with E-state index in [0.29, 0.717) is 11.4 Å². The Morgan fingerprint density at radius 2 is 1.74 bits per heavy atom. The maximum Gasteiger partial charge on any atom is 0.228 e. The Morgan fingerprint density at radius 3 is 2.37 bits per heavy atom. The van der Waals surface area contributed by atoms with E-state index in [1.807, 2.05) is 12.1 Å². The number of halogens is 1. The van der Waals surface area contributed by atoms with Crippen LogP contribution in [0, 0.1) is 13.8 Å². The highest BCUT2D eigenvalue weighted by atomic mass is 35.5. The molecule has 2 rings (SSSR count). The second-order valence-electron chi connectivity index (χ2n) is 4.65. The summed E-state index contributed by atoms with van der Waals surface area (Å²) in [6.45, 7) is 4.11. The summed E-state index contributed by atoms with van der Waals surface area (Å²) in [7, 11) is 0. The smallest absolute Gasteiger partial charge is 0.228 e. The number of nitrogens with one attached hydrogen (secondary N) is 1. The second kappa shape index (κ2) is 5.89. The van der Waals surface area contributed by atoms with E-state index >= 15 is 0 Å². The van der Waals surface area contributed by atoms with Gasteiger partial charge < -0.3 is 5.32 Å². The van der Waals surface area contributed by atoms with E-state index in [0.717, 1.165) is 11.3 Å². The van der Waals surface area contributed by atoms with Crippen molar-refractivity contribution in [3.05, 3.63) is 64.2 Å². The number of hydrogen-bond acceptors (Lipinski definition) is 1. The Labute approximate surface area is 118 Å². The van der Waals surface area contributed by atoms with Crippen LogP contribution in [0.1, 0.15) is 16.7 Å². The van der Waals surface area contributed by atoms with E-state index < -0.39 is 0 Å². The molecular formula is C16H16ClNO. The minimum absolute atomic E-state index is 0.0226. The third-order valence-electron chi connectivity index (χ3n) is 3.06. The van der Waals surface area contributed by atoms with Crippen LogP contribution in [-0.4, -0.2) is 5.91 Å². The average Bonchev–Trinajstić information content (AvgIpc) is 2.37. The van der Waals surface area contributed by atoms with Gasteiger partial charge in [-0.2, -0.15) is 0 Å². The van der Waals surface area contributed by atoms with Crippen LogP contribution in [0.5, 0.6) is 0 Å². The zero-order valence-electron chi connectivity index (χ0n) is 11.0. The van der Waals surface area contributed by atoms with Crippen molar-refractivity contribution < 1.29 is 4.79 Å². The SMILES string of the molecule is Cc1ccc(CC(=O)Nc2ccc(Cl)cc2)cc1C. The summed E-state index contributed by atoms with van der Waals surface area (Å²) < 4.78 is 0. The number of rotatable bonds is 3. The summed E-state index contributed by atoms with van der Waals surface area (Å²) in [5.74, 6) is -0.0226. The molecule has 0 aliphatic heterocycles. The molecule has 2 nitrogen and oxygen atoms in total. The lowest BCUT2D eigenvalue weighted by molar-refractivity contribution is -0.115. The molecule has 0 bridgehead atoms. The van der Waals surface area contributed by atoms with Gasteiger partial charge in [-0.1, -0.05) is 29.8 Å². The molecule has 0 saturated heterocycles. The molecule has 1 amide bonds. The fraction of sp³-hybridized carbons (Fsp3) is 0.188. The Morgan fingerprint density at radius 1 is 1.05 bits per heavy atom. The quantitative estimate of drug-likeness (QED) is 0.895. The van der Waals surface area contributed by atoms with Crippen molar-refractivity contribution in [1.29, 1.82) is 0 Å². The summed E-state index contributed by atoms with van der Waals surface area (Å²) in [4.78, 5) is 11.9. The Hall–Kier alpha value is -1.80. The molecule has 0 saturated carbocycles. The zero-order valence-corrected chi connectivity index (χ0v) is 11.8. The molecule has 0 aliphatic carbocycles. The molecule has 98 valence electrons. The summed E-state index contributed by atoms with van der Waals surface area (Å²) in [6.07, 6.45) is 0.379. The predicted octanol–water partition coefficient (Wildman–Crippen LogP) is 4.14. The van der Waals surface area contributed by atoms with E-state index in [1.54, 1.807) is 24.3 Å². The standard InChI is InChI=1S/C16H16ClNO/c1-11-3-4-13(9-12(11)2)10-16(19)18-15-7-5-14(17)6-8-15/h3-9H,10H2,1-2H3,(H,18,19). The van der Waals surface area contributed by atoms with E-state index in [1.165, 1.54) is 11.1 Å². The van der Waals surface area contributed by atoms with Crippen molar-refractivity contribution in [2.24, 2.45) is 0 Å². The van der Waals surface area contributed by atoms with Crippen LogP contribution in [0.15, 0.2) is 42.5 Å². The van der Waals surface area contributed by atoms with Gasteiger partial charge in [0.1, 0.15) is 0 Å². The van der Waals surface area contributed by atoms with Crippen LogP contribution in [0.4, 0.5) is 5.69 Å². The first kappa shape index (κ1) is 13.6. The number of amides is 1. The Balaban J connectivity index is 2.01. The number of hydrogen-bond donors (Lipinski definition) is 1. The normalized spacial score (nSPS) is 10.3. The van der Waals surface area contributed by atoms with Crippen LogP contribution in [0.2, 0.25) is 5.02 Å². The zero-order chi connectivity index (χ0) is 13.8. The fourth-order valence-corrected chi connectivity index (χ4v) is 1.96. The lowest BCUT2D eigenvalue weighted by atomic mass is 10.0. The average molecular weight is 274 g/mol. The summed E-state index contributed by atoms with van der Waals surface area (Å²) in [5.41, 5.74) is 4.23. The first-order valence-corrected chi connectivity index (χ1v) is 6.54. The molecule has 0 heterocycles. The largest absolute Gasteiger partial charge is 0.326 e. The van der Waals surface area contributed by atoms with Crippen molar-refractivity contribution in [3.8, 4) is 0 Å². The van der Waals surface area contributed by atoms with Gasteiger partial charge in [-0.05, 0) is 54.8 Å². The Kier molecular flexibility index (Phi) is 4.23. The van der Waals surface area contributed by atoms with Crippen molar-refractivity contribution in [2.75, 3.05) is 5.32 Å². The van der Waals surface area contributed by atoms with Gasteiger partial charge in [0.05, 0.1) is 6.42 Å². The third kappa shape index (κ3) is 3.83. The van der Waals surface area contributed by atoms with E-state index in [4.69, 9.17) is 11.6 Å². The maximum atomic E-state index is 11.9. The molecule has 0 fully saturated rings. The maximum absolute atomic E-state index is 11.9. The topological polar surface area (TPSA) is 29.1 Å². The molecular weight excluding hydrogens is 258 g/mol. The molecule has 0 radical (unpaired) electrons. The van der Waals surface area contributed by atoms with Crippen molar-refractivity contribution in [2.45, 2.75) is 20.3 Å². The van der Waals surface area contributed by atoms with Crippen LogP contribution >= 0.6 is 11.6 Å². The molecule has 2 aromatic rings. The molecule has 3 heteroatoms. The van der Waals surface area contributed by atoms with E-state index in [-0.39, 0.29) is 5.91 Å². The van der Waals surface area contributed by atoms with Gasteiger partial charge in [0, 0.05) is 10.7 Å². The first-order chi connectivity index (χ1) is 9.04. The van der Waals surface area contributed by atoms with E-state index in [9.17, 15) is 4.79 Å². The molecule has 0 unspecified atom stereocenters. The summed E-state index contributed by atoms with van der Waals surface area (Å²) in [5, 5.41) is 3.51. The van der Waals surface area contributed by atoms with Gasteiger partial charge in [0.15, 0.2) is 0 Å². The van der Waals surface area contributed by atoms with Gasteiger partial charge in [-0.15, -0.1) is 0 Å². The highest BCUT2D eigenvalue weighted by Gasteiger charge is 2.05. The number of carbonyl (C=O) groups excluding carboxylic acids is 1. The van der Waals surface area contributed by atoms with Crippen molar-refractivity contribution >= 4 is 23.2 Å². The highest BCUT2D eigenvalue weighted by Crippen LogP contribution is 2.14. The van der Waals surface area contributed by atoms with Crippen LogP contribution in [-0.2, 0) is 11.2 Å². The highest BCUT2D eigenvalue weighted by molar-refractivity contribution is 6.30. The van der Waals surface area contributed by atoms with Gasteiger partial charge in [-0.3, -0.25) is 4.79 Å². The first-order valence-electron chi connectivity index (χ1n) is 6.16. The molecule has 0 aliphatic rings. The molecule has 1 N–H and O–H groups in total. The molecule has 2 aromatic carbocycles.